The topological polar surface area (TPSA) is 116 Å². The first-order chi connectivity index (χ1) is 11.0. The second-order valence-corrected chi connectivity index (χ2v) is 5.94. The van der Waals surface area contributed by atoms with Gasteiger partial charge in [0.1, 0.15) is 24.0 Å². The molecule has 3 N–H and O–H groups in total. The zero-order valence-electron chi connectivity index (χ0n) is 13.0. The van der Waals surface area contributed by atoms with Gasteiger partial charge in [0.25, 0.3) is 0 Å². The van der Waals surface area contributed by atoms with Gasteiger partial charge in [-0.15, -0.1) is 0 Å². The first-order valence-corrected chi connectivity index (χ1v) is 7.49. The van der Waals surface area contributed by atoms with Crippen LogP contribution in [0.3, 0.4) is 0 Å². The molecule has 1 aliphatic rings. The molecule has 8 nitrogen and oxygen atoms in total. The van der Waals surface area contributed by atoms with Gasteiger partial charge >= 0.3 is 0 Å². The van der Waals surface area contributed by atoms with Crippen LogP contribution in [-0.2, 0) is 10.3 Å². The molecule has 3 heterocycles. The van der Waals surface area contributed by atoms with E-state index >= 15 is 0 Å². The summed E-state index contributed by atoms with van der Waals surface area (Å²) in [5.41, 5.74) is -0.440. The van der Waals surface area contributed by atoms with Crippen LogP contribution >= 0.6 is 0 Å². The largest absolute Gasteiger partial charge is 0.394 e. The summed E-state index contributed by atoms with van der Waals surface area (Å²) < 4.78 is 7.22. The lowest BCUT2D eigenvalue weighted by Gasteiger charge is -2.24. The molecule has 3 rings (SSSR count). The first-order valence-electron chi connectivity index (χ1n) is 7.49. The molecule has 0 aliphatic carbocycles. The quantitative estimate of drug-likeness (QED) is 0.748. The molecule has 8 heteroatoms. The number of rotatable bonds is 4. The molecule has 23 heavy (non-hydrogen) atoms. The van der Waals surface area contributed by atoms with E-state index in [1.54, 1.807) is 16.6 Å². The molecule has 1 fully saturated rings. The third kappa shape index (κ3) is 2.43. The number of aliphatic hydroxyl groups is 2. The minimum Gasteiger partial charge on any atom is -0.394 e. The lowest BCUT2D eigenvalue weighted by Crippen LogP contribution is -2.36. The van der Waals surface area contributed by atoms with Gasteiger partial charge in [0, 0.05) is 12.5 Å². The fourth-order valence-electron chi connectivity index (χ4n) is 2.91. The van der Waals surface area contributed by atoms with Gasteiger partial charge in [0.15, 0.2) is 5.82 Å². The van der Waals surface area contributed by atoms with Gasteiger partial charge < -0.3 is 20.3 Å². The van der Waals surface area contributed by atoms with Crippen LogP contribution < -0.4 is 5.32 Å². The highest BCUT2D eigenvalue weighted by Gasteiger charge is 2.51. The average molecular weight is 317 g/mol. The first kappa shape index (κ1) is 15.7. The normalized spacial score (nSPS) is 27.5. The predicted octanol–water partition coefficient (Wildman–Crippen LogP) is 0.411. The van der Waals surface area contributed by atoms with Crippen molar-refractivity contribution < 1.29 is 14.9 Å². The van der Waals surface area contributed by atoms with Gasteiger partial charge in [-0.3, -0.25) is 0 Å². The Hall–Kier alpha value is -2.21. The van der Waals surface area contributed by atoms with E-state index < -0.39 is 17.8 Å². The minimum absolute atomic E-state index is 0.184. The smallest absolute Gasteiger partial charge is 0.222 e. The molecule has 0 amide bonds. The van der Waals surface area contributed by atoms with E-state index in [-0.39, 0.29) is 19.1 Å². The van der Waals surface area contributed by atoms with Gasteiger partial charge in [0.05, 0.1) is 18.4 Å². The highest BCUT2D eigenvalue weighted by Crippen LogP contribution is 2.40. The van der Waals surface area contributed by atoms with Crippen molar-refractivity contribution in [2.75, 3.05) is 11.9 Å². The standard InChI is InChI=1S/C15H19N5O3/c1-9(2)19-14-11-3-4-12(20(11)18-8-17-14)15(7-16)13(22)5-10(6-21)23-15/h3-4,8-10,13,21-22H,5-6H2,1-2H3,(H,17,18,19)/t10?,13-,15+/m1/s1. The van der Waals surface area contributed by atoms with E-state index in [1.165, 1.54) is 6.33 Å². The van der Waals surface area contributed by atoms with Crippen LogP contribution in [0.15, 0.2) is 18.5 Å². The van der Waals surface area contributed by atoms with Crippen molar-refractivity contribution in [3.05, 3.63) is 24.2 Å². The van der Waals surface area contributed by atoms with Crippen LogP contribution in [0.5, 0.6) is 0 Å². The van der Waals surface area contributed by atoms with Gasteiger partial charge in [-0.2, -0.15) is 10.4 Å². The highest BCUT2D eigenvalue weighted by atomic mass is 16.5. The molecule has 2 aromatic rings. The summed E-state index contributed by atoms with van der Waals surface area (Å²) >= 11 is 0. The van der Waals surface area contributed by atoms with Crippen LogP contribution in [0.2, 0.25) is 0 Å². The zero-order chi connectivity index (χ0) is 16.6. The fraction of sp³-hybridized carbons (Fsp3) is 0.533. The number of nitrogens with one attached hydrogen (secondary N) is 1. The van der Waals surface area contributed by atoms with E-state index in [1.807, 2.05) is 13.8 Å². The summed E-state index contributed by atoms with van der Waals surface area (Å²) in [6, 6.07) is 5.72. The number of nitriles is 1. The van der Waals surface area contributed by atoms with Crippen LogP contribution in [0.25, 0.3) is 5.52 Å². The Labute approximate surface area is 133 Å². The molecular weight excluding hydrogens is 298 g/mol. The van der Waals surface area contributed by atoms with E-state index in [0.29, 0.717) is 17.0 Å². The molecule has 1 aliphatic heterocycles. The number of aromatic nitrogens is 3. The fourth-order valence-corrected chi connectivity index (χ4v) is 2.91. The number of aliphatic hydroxyl groups excluding tert-OH is 2. The Morgan fingerprint density at radius 1 is 1.57 bits per heavy atom. The van der Waals surface area contributed by atoms with Crippen molar-refractivity contribution in [2.45, 2.75) is 44.1 Å². The number of anilines is 1. The molecule has 0 aromatic carbocycles. The number of nitrogens with zero attached hydrogens (tertiary/aromatic N) is 4. The third-order valence-electron chi connectivity index (χ3n) is 3.94. The molecule has 0 radical (unpaired) electrons. The molecule has 1 unspecified atom stereocenters. The van der Waals surface area contributed by atoms with Crippen molar-refractivity contribution in [2.24, 2.45) is 0 Å². The van der Waals surface area contributed by atoms with Crippen LogP contribution in [0, 0.1) is 11.3 Å². The number of fused-ring (bicyclic) bond motifs is 1. The van der Waals surface area contributed by atoms with Gasteiger partial charge in [-0.05, 0) is 26.0 Å². The maximum atomic E-state index is 10.4. The SMILES string of the molecule is CC(C)Nc1ncnn2c([C@]3(C#N)OC(CO)C[C@H]3O)ccc12. The van der Waals surface area contributed by atoms with Crippen LogP contribution in [0.4, 0.5) is 5.82 Å². The summed E-state index contributed by atoms with van der Waals surface area (Å²) in [6.07, 6.45) is -0.0408. The van der Waals surface area contributed by atoms with Crippen molar-refractivity contribution in [1.29, 1.82) is 5.26 Å². The van der Waals surface area contributed by atoms with Crippen molar-refractivity contribution in [3.8, 4) is 6.07 Å². The molecule has 2 aromatic heterocycles. The number of ether oxygens (including phenoxy) is 1. The number of hydrogen-bond donors (Lipinski definition) is 3. The molecule has 3 atom stereocenters. The lowest BCUT2D eigenvalue weighted by atomic mass is 9.94. The van der Waals surface area contributed by atoms with E-state index in [4.69, 9.17) is 4.74 Å². The molecule has 0 saturated carbocycles. The van der Waals surface area contributed by atoms with Crippen LogP contribution in [-0.4, -0.2) is 49.7 Å². The Morgan fingerprint density at radius 2 is 2.35 bits per heavy atom. The summed E-state index contributed by atoms with van der Waals surface area (Å²) in [6.45, 7) is 3.74. The van der Waals surface area contributed by atoms with Crippen LogP contribution in [0.1, 0.15) is 26.0 Å². The minimum atomic E-state index is -1.55. The Balaban J connectivity index is 2.12. The third-order valence-corrected chi connectivity index (χ3v) is 3.94. The molecule has 1 saturated heterocycles. The van der Waals surface area contributed by atoms with Crippen molar-refractivity contribution in [3.63, 3.8) is 0 Å². The van der Waals surface area contributed by atoms with Gasteiger partial charge in [-0.1, -0.05) is 0 Å². The second-order valence-electron chi connectivity index (χ2n) is 5.94. The molecule has 0 bridgehead atoms. The van der Waals surface area contributed by atoms with E-state index in [9.17, 15) is 15.5 Å². The maximum absolute atomic E-state index is 10.4. The molecular formula is C15H19N5O3. The summed E-state index contributed by atoms with van der Waals surface area (Å²) in [7, 11) is 0. The summed E-state index contributed by atoms with van der Waals surface area (Å²) in [5.74, 6) is 0.639. The summed E-state index contributed by atoms with van der Waals surface area (Å²) in [4.78, 5) is 4.22. The zero-order valence-corrected chi connectivity index (χ0v) is 13.0. The summed E-state index contributed by atoms with van der Waals surface area (Å²) in [5, 5.41) is 36.7. The Kier molecular flexibility index (Phi) is 3.93. The van der Waals surface area contributed by atoms with Crippen molar-refractivity contribution >= 4 is 11.3 Å². The average Bonchev–Trinajstić information content (AvgIpc) is 3.09. The predicted molar refractivity (Wildman–Crippen MR) is 81.6 cm³/mol. The van der Waals surface area contributed by atoms with Gasteiger partial charge in [-0.25, -0.2) is 9.50 Å². The van der Waals surface area contributed by atoms with Crippen molar-refractivity contribution in [1.82, 2.24) is 14.6 Å². The number of hydrogen-bond acceptors (Lipinski definition) is 7. The molecule has 122 valence electrons. The maximum Gasteiger partial charge on any atom is 0.222 e. The second kappa shape index (κ2) is 5.77. The van der Waals surface area contributed by atoms with Gasteiger partial charge in [0.2, 0.25) is 5.60 Å². The Bertz CT molecular complexity index is 753. The van der Waals surface area contributed by atoms with E-state index in [2.05, 4.69) is 21.5 Å². The monoisotopic (exact) mass is 317 g/mol. The highest BCUT2D eigenvalue weighted by molar-refractivity contribution is 5.68. The lowest BCUT2D eigenvalue weighted by molar-refractivity contribution is -0.0630. The molecule has 0 spiro atoms. The van der Waals surface area contributed by atoms with E-state index in [0.717, 1.165) is 0 Å². The Morgan fingerprint density at radius 3 is 2.96 bits per heavy atom.